The molecule has 0 bridgehead atoms. The van der Waals surface area contributed by atoms with Gasteiger partial charge in [0.15, 0.2) is 0 Å². The molecule has 0 saturated heterocycles. The molecule has 2 N–H and O–H groups in total. The number of hydrogen-bond donors (Lipinski definition) is 1. The second kappa shape index (κ2) is 5.65. The Morgan fingerprint density at radius 1 is 1.17 bits per heavy atom. The van der Waals surface area contributed by atoms with Crippen LogP contribution in [0.1, 0.15) is 16.8 Å². The fourth-order valence-electron chi connectivity index (χ4n) is 1.97. The zero-order valence-electron chi connectivity index (χ0n) is 10.6. The van der Waals surface area contributed by atoms with Gasteiger partial charge in [0.1, 0.15) is 0 Å². The predicted molar refractivity (Wildman–Crippen MR) is 74.6 cm³/mol. The average molecular weight is 242 g/mol. The zero-order valence-corrected chi connectivity index (χ0v) is 10.6. The number of benzene rings is 2. The lowest BCUT2D eigenvalue weighted by Gasteiger charge is -2.16. The molecule has 0 atom stereocenters. The van der Waals surface area contributed by atoms with E-state index in [4.69, 9.17) is 5.73 Å². The summed E-state index contributed by atoms with van der Waals surface area (Å²) in [5.74, 6) is 0.0502. The van der Waals surface area contributed by atoms with Crippen LogP contribution in [-0.4, -0.2) is 30.9 Å². The molecule has 1 amide bonds. The van der Waals surface area contributed by atoms with Crippen molar-refractivity contribution in [2.24, 2.45) is 5.73 Å². The van der Waals surface area contributed by atoms with Crippen LogP contribution in [0.2, 0.25) is 0 Å². The normalized spacial score (nSPS) is 10.6. The van der Waals surface area contributed by atoms with Crippen LogP contribution in [0.25, 0.3) is 10.8 Å². The van der Waals surface area contributed by atoms with Crippen molar-refractivity contribution >= 4 is 16.7 Å². The number of amides is 1. The minimum absolute atomic E-state index is 0.0502. The minimum Gasteiger partial charge on any atom is -0.342 e. The van der Waals surface area contributed by atoms with Crippen LogP contribution in [0.3, 0.4) is 0 Å². The van der Waals surface area contributed by atoms with Gasteiger partial charge in [0.05, 0.1) is 0 Å². The molecule has 0 unspecified atom stereocenters. The van der Waals surface area contributed by atoms with Crippen LogP contribution in [0, 0.1) is 0 Å². The molecule has 2 aromatic rings. The highest BCUT2D eigenvalue weighted by Gasteiger charge is 2.11. The standard InChI is InChI=1S/C15H18N2O/c1-17(10-4-9-16)15(18)14-8-7-12-5-2-3-6-13(12)11-14/h2-3,5-8,11H,4,9-10,16H2,1H3. The quantitative estimate of drug-likeness (QED) is 0.894. The smallest absolute Gasteiger partial charge is 0.253 e. The first-order chi connectivity index (χ1) is 8.72. The predicted octanol–water partition coefficient (Wildman–Crippen LogP) is 2.26. The second-order valence-corrected chi connectivity index (χ2v) is 4.43. The third-order valence-electron chi connectivity index (χ3n) is 3.04. The summed E-state index contributed by atoms with van der Waals surface area (Å²) in [5, 5.41) is 2.24. The molecular formula is C15H18N2O. The van der Waals surface area contributed by atoms with Crippen molar-refractivity contribution in [3.63, 3.8) is 0 Å². The van der Waals surface area contributed by atoms with Crippen molar-refractivity contribution in [2.45, 2.75) is 6.42 Å². The Labute approximate surface area is 107 Å². The number of carbonyl (C=O) groups is 1. The maximum absolute atomic E-state index is 12.2. The van der Waals surface area contributed by atoms with Crippen molar-refractivity contribution in [2.75, 3.05) is 20.1 Å². The maximum atomic E-state index is 12.2. The highest BCUT2D eigenvalue weighted by molar-refractivity contribution is 5.98. The summed E-state index contributed by atoms with van der Waals surface area (Å²) in [5.41, 5.74) is 6.18. The molecular weight excluding hydrogens is 224 g/mol. The molecule has 0 radical (unpaired) electrons. The van der Waals surface area contributed by atoms with Crippen LogP contribution in [0.15, 0.2) is 42.5 Å². The van der Waals surface area contributed by atoms with E-state index in [2.05, 4.69) is 0 Å². The number of rotatable bonds is 4. The van der Waals surface area contributed by atoms with Gasteiger partial charge >= 0.3 is 0 Å². The maximum Gasteiger partial charge on any atom is 0.253 e. The molecule has 2 rings (SSSR count). The molecule has 0 fully saturated rings. The highest BCUT2D eigenvalue weighted by atomic mass is 16.2. The van der Waals surface area contributed by atoms with Gasteiger partial charge in [-0.15, -0.1) is 0 Å². The van der Waals surface area contributed by atoms with Gasteiger partial charge in [-0.05, 0) is 35.9 Å². The first-order valence-electron chi connectivity index (χ1n) is 6.16. The van der Waals surface area contributed by atoms with Gasteiger partial charge < -0.3 is 10.6 Å². The zero-order chi connectivity index (χ0) is 13.0. The molecule has 94 valence electrons. The molecule has 0 saturated carbocycles. The lowest BCUT2D eigenvalue weighted by Crippen LogP contribution is -2.28. The Morgan fingerprint density at radius 3 is 2.61 bits per heavy atom. The van der Waals surface area contributed by atoms with E-state index < -0.39 is 0 Å². The lowest BCUT2D eigenvalue weighted by atomic mass is 10.1. The van der Waals surface area contributed by atoms with Gasteiger partial charge in [0.25, 0.3) is 5.91 Å². The molecule has 3 heteroatoms. The van der Waals surface area contributed by atoms with Crippen LogP contribution < -0.4 is 5.73 Å². The van der Waals surface area contributed by atoms with Gasteiger partial charge in [-0.25, -0.2) is 0 Å². The molecule has 0 aliphatic rings. The summed E-state index contributed by atoms with van der Waals surface area (Å²) in [7, 11) is 1.81. The molecule has 3 nitrogen and oxygen atoms in total. The molecule has 2 aromatic carbocycles. The van der Waals surface area contributed by atoms with Crippen molar-refractivity contribution in [3.8, 4) is 0 Å². The van der Waals surface area contributed by atoms with Gasteiger partial charge in [0.2, 0.25) is 0 Å². The van der Waals surface area contributed by atoms with Crippen LogP contribution in [0.4, 0.5) is 0 Å². The van der Waals surface area contributed by atoms with Crippen molar-refractivity contribution in [1.29, 1.82) is 0 Å². The number of carbonyl (C=O) groups excluding carboxylic acids is 1. The number of hydrogen-bond acceptors (Lipinski definition) is 2. The van der Waals surface area contributed by atoms with E-state index in [0.29, 0.717) is 13.1 Å². The van der Waals surface area contributed by atoms with Gasteiger partial charge in [-0.3, -0.25) is 4.79 Å². The van der Waals surface area contributed by atoms with E-state index in [1.807, 2.05) is 49.5 Å². The Kier molecular flexibility index (Phi) is 3.95. The number of nitrogens with zero attached hydrogens (tertiary/aromatic N) is 1. The summed E-state index contributed by atoms with van der Waals surface area (Å²) >= 11 is 0. The Balaban J connectivity index is 2.22. The summed E-state index contributed by atoms with van der Waals surface area (Å²) in [4.78, 5) is 13.9. The number of nitrogens with two attached hydrogens (primary N) is 1. The topological polar surface area (TPSA) is 46.3 Å². The SMILES string of the molecule is CN(CCCN)C(=O)c1ccc2ccccc2c1. The van der Waals surface area contributed by atoms with E-state index in [1.165, 1.54) is 0 Å². The number of fused-ring (bicyclic) bond motifs is 1. The van der Waals surface area contributed by atoms with Crippen molar-refractivity contribution < 1.29 is 4.79 Å². The summed E-state index contributed by atoms with van der Waals surface area (Å²) < 4.78 is 0. The van der Waals surface area contributed by atoms with Crippen molar-refractivity contribution in [1.82, 2.24) is 4.90 Å². The Morgan fingerprint density at radius 2 is 1.89 bits per heavy atom. The minimum atomic E-state index is 0.0502. The molecule has 0 aliphatic heterocycles. The van der Waals surface area contributed by atoms with E-state index in [0.717, 1.165) is 22.8 Å². The summed E-state index contributed by atoms with van der Waals surface area (Å²) in [6.45, 7) is 1.30. The highest BCUT2D eigenvalue weighted by Crippen LogP contribution is 2.16. The van der Waals surface area contributed by atoms with E-state index in [1.54, 1.807) is 4.90 Å². The molecule has 0 heterocycles. The molecule has 0 aromatic heterocycles. The molecule has 0 aliphatic carbocycles. The lowest BCUT2D eigenvalue weighted by molar-refractivity contribution is 0.0794. The van der Waals surface area contributed by atoms with Gasteiger partial charge in [-0.1, -0.05) is 30.3 Å². The van der Waals surface area contributed by atoms with Gasteiger partial charge in [-0.2, -0.15) is 0 Å². The van der Waals surface area contributed by atoms with E-state index >= 15 is 0 Å². The summed E-state index contributed by atoms with van der Waals surface area (Å²) in [6.07, 6.45) is 0.829. The van der Waals surface area contributed by atoms with Crippen molar-refractivity contribution in [3.05, 3.63) is 48.0 Å². The third-order valence-corrected chi connectivity index (χ3v) is 3.04. The van der Waals surface area contributed by atoms with Crippen LogP contribution in [-0.2, 0) is 0 Å². The van der Waals surface area contributed by atoms with Crippen LogP contribution >= 0.6 is 0 Å². The van der Waals surface area contributed by atoms with Gasteiger partial charge in [0, 0.05) is 19.2 Å². The fourth-order valence-corrected chi connectivity index (χ4v) is 1.97. The molecule has 18 heavy (non-hydrogen) atoms. The van der Waals surface area contributed by atoms with E-state index in [9.17, 15) is 4.79 Å². The molecule has 0 spiro atoms. The third kappa shape index (κ3) is 2.68. The monoisotopic (exact) mass is 242 g/mol. The average Bonchev–Trinajstić information content (AvgIpc) is 2.43. The summed E-state index contributed by atoms with van der Waals surface area (Å²) in [6, 6.07) is 13.8. The first kappa shape index (κ1) is 12.6. The van der Waals surface area contributed by atoms with Crippen LogP contribution in [0.5, 0.6) is 0 Å². The first-order valence-corrected chi connectivity index (χ1v) is 6.16. The second-order valence-electron chi connectivity index (χ2n) is 4.43. The Hall–Kier alpha value is -1.87. The van der Waals surface area contributed by atoms with E-state index in [-0.39, 0.29) is 5.91 Å². The fraction of sp³-hybridized carbons (Fsp3) is 0.267. The largest absolute Gasteiger partial charge is 0.342 e. The Bertz CT molecular complexity index is 551.